The Labute approximate surface area is 129 Å². The smallest absolute Gasteiger partial charge is 0.261 e. The summed E-state index contributed by atoms with van der Waals surface area (Å²) in [7, 11) is 1.63. The van der Waals surface area contributed by atoms with Gasteiger partial charge in [0.15, 0.2) is 0 Å². The van der Waals surface area contributed by atoms with Crippen molar-refractivity contribution in [2.45, 2.75) is 32.1 Å². The Bertz CT molecular complexity index is 554. The van der Waals surface area contributed by atoms with Crippen LogP contribution in [0.2, 0.25) is 0 Å². The van der Waals surface area contributed by atoms with E-state index in [0.29, 0.717) is 16.6 Å². The van der Waals surface area contributed by atoms with Crippen molar-refractivity contribution in [2.24, 2.45) is 5.92 Å². The van der Waals surface area contributed by atoms with Crippen LogP contribution in [0.1, 0.15) is 25.8 Å². The highest BCUT2D eigenvalue weighted by atomic mass is 32.2. The number of aliphatic hydroxyl groups excluding tert-OH is 1. The molecule has 1 unspecified atom stereocenters. The normalized spacial score (nSPS) is 18.3. The first-order valence-corrected chi connectivity index (χ1v) is 7.99. The van der Waals surface area contributed by atoms with E-state index < -0.39 is 0 Å². The van der Waals surface area contributed by atoms with E-state index in [9.17, 15) is 9.90 Å². The second kappa shape index (κ2) is 6.89. The number of aliphatic hydroxyl groups is 1. The van der Waals surface area contributed by atoms with Crippen LogP contribution in [-0.2, 0) is 10.5 Å². The molecule has 1 aliphatic rings. The van der Waals surface area contributed by atoms with E-state index >= 15 is 0 Å². The highest BCUT2D eigenvalue weighted by Gasteiger charge is 2.32. The Balaban J connectivity index is 2.04. The lowest BCUT2D eigenvalue weighted by molar-refractivity contribution is -0.116. The summed E-state index contributed by atoms with van der Waals surface area (Å²) in [5.74, 6) is 1.84. The first kappa shape index (κ1) is 15.8. The van der Waals surface area contributed by atoms with Crippen LogP contribution in [0.4, 0.5) is 0 Å². The Morgan fingerprint density at radius 3 is 2.86 bits per heavy atom. The molecular weight excluding hydrogens is 286 g/mol. The van der Waals surface area contributed by atoms with Gasteiger partial charge in [-0.2, -0.15) is 0 Å². The number of carbonyl (C=O) groups excluding carboxylic acids is 1. The minimum absolute atomic E-state index is 0.175. The van der Waals surface area contributed by atoms with Crippen molar-refractivity contribution >= 4 is 17.7 Å². The maximum Gasteiger partial charge on any atom is 0.261 e. The summed E-state index contributed by atoms with van der Waals surface area (Å²) in [6, 6.07) is 7.46. The number of carbonyl (C=O) groups is 1. The molecule has 1 heterocycles. The van der Waals surface area contributed by atoms with Crippen molar-refractivity contribution in [3.8, 4) is 5.75 Å². The fraction of sp³-hybridized carbons (Fsp3) is 0.438. The average molecular weight is 307 g/mol. The summed E-state index contributed by atoms with van der Waals surface area (Å²) in [4.78, 5) is 12.4. The second-order valence-electron chi connectivity index (χ2n) is 5.51. The number of thioether (sulfide) groups is 1. The van der Waals surface area contributed by atoms with Gasteiger partial charge in [-0.25, -0.2) is 0 Å². The molecule has 0 saturated carbocycles. The molecule has 1 aromatic carbocycles. The number of benzene rings is 1. The van der Waals surface area contributed by atoms with Crippen LogP contribution < -0.4 is 10.1 Å². The molecule has 0 saturated heterocycles. The summed E-state index contributed by atoms with van der Waals surface area (Å²) < 4.78 is 5.18. The highest BCUT2D eigenvalue weighted by Crippen LogP contribution is 2.31. The minimum Gasteiger partial charge on any atom is -0.509 e. The molecule has 114 valence electrons. The third kappa shape index (κ3) is 3.94. The molecular formula is C16H21NO3S. The van der Waals surface area contributed by atoms with Crippen molar-refractivity contribution in [3.05, 3.63) is 40.5 Å². The second-order valence-corrected chi connectivity index (χ2v) is 6.50. The average Bonchev–Trinajstić information content (AvgIpc) is 2.71. The third-order valence-corrected chi connectivity index (χ3v) is 4.46. The van der Waals surface area contributed by atoms with Gasteiger partial charge in [0, 0.05) is 5.75 Å². The van der Waals surface area contributed by atoms with Crippen molar-refractivity contribution in [1.82, 2.24) is 5.32 Å². The van der Waals surface area contributed by atoms with Gasteiger partial charge in [0.2, 0.25) is 0 Å². The zero-order valence-corrected chi connectivity index (χ0v) is 13.4. The van der Waals surface area contributed by atoms with Crippen molar-refractivity contribution in [3.63, 3.8) is 0 Å². The molecule has 2 N–H and O–H groups in total. The standard InChI is InChI=1S/C16H21NO3S/c1-10(2)7-13-14(18)15(16(19)17-13)21-9-11-5-4-6-12(8-11)20-3/h4-6,8,10,13,18H,7,9H2,1-3H3,(H,17,19). The number of ether oxygens (including phenoxy) is 1. The van der Waals surface area contributed by atoms with Gasteiger partial charge < -0.3 is 15.2 Å². The molecule has 1 atom stereocenters. The van der Waals surface area contributed by atoms with Crippen LogP contribution in [0, 0.1) is 5.92 Å². The molecule has 5 heteroatoms. The van der Waals surface area contributed by atoms with Crippen molar-refractivity contribution in [2.75, 3.05) is 7.11 Å². The molecule has 0 bridgehead atoms. The molecule has 1 aromatic rings. The first-order valence-electron chi connectivity index (χ1n) is 7.01. The van der Waals surface area contributed by atoms with E-state index in [0.717, 1.165) is 17.7 Å². The molecule has 0 fully saturated rings. The SMILES string of the molecule is COc1cccc(CSC2=C(O)C(CC(C)C)NC2=O)c1. The van der Waals surface area contributed by atoms with Gasteiger partial charge in [-0.3, -0.25) is 4.79 Å². The van der Waals surface area contributed by atoms with Gasteiger partial charge in [0.25, 0.3) is 5.91 Å². The van der Waals surface area contributed by atoms with Crippen LogP contribution in [0.5, 0.6) is 5.75 Å². The van der Waals surface area contributed by atoms with E-state index in [4.69, 9.17) is 4.74 Å². The summed E-state index contributed by atoms with van der Waals surface area (Å²) in [6.07, 6.45) is 0.751. The highest BCUT2D eigenvalue weighted by molar-refractivity contribution is 8.03. The topological polar surface area (TPSA) is 58.6 Å². The Morgan fingerprint density at radius 1 is 1.43 bits per heavy atom. The Kier molecular flexibility index (Phi) is 5.17. The van der Waals surface area contributed by atoms with Gasteiger partial charge in [0.05, 0.1) is 13.2 Å². The molecule has 0 radical (unpaired) electrons. The summed E-state index contributed by atoms with van der Waals surface area (Å²) in [6.45, 7) is 4.14. The first-order chi connectivity index (χ1) is 10.0. The Morgan fingerprint density at radius 2 is 2.19 bits per heavy atom. The molecule has 0 spiro atoms. The molecule has 1 aliphatic heterocycles. The van der Waals surface area contributed by atoms with Gasteiger partial charge in [-0.1, -0.05) is 26.0 Å². The lowest BCUT2D eigenvalue weighted by Crippen LogP contribution is -2.30. The fourth-order valence-corrected chi connectivity index (χ4v) is 3.24. The maximum absolute atomic E-state index is 11.9. The van der Waals surface area contributed by atoms with Crippen LogP contribution in [-0.4, -0.2) is 24.2 Å². The number of rotatable bonds is 6. The van der Waals surface area contributed by atoms with Gasteiger partial charge in [-0.15, -0.1) is 11.8 Å². The van der Waals surface area contributed by atoms with Crippen molar-refractivity contribution < 1.29 is 14.6 Å². The largest absolute Gasteiger partial charge is 0.509 e. The lowest BCUT2D eigenvalue weighted by atomic mass is 10.0. The van der Waals surface area contributed by atoms with Gasteiger partial charge in [-0.05, 0) is 30.0 Å². The number of hydrogen-bond donors (Lipinski definition) is 2. The minimum atomic E-state index is -0.245. The predicted molar refractivity (Wildman–Crippen MR) is 85.3 cm³/mol. The van der Waals surface area contributed by atoms with Crippen molar-refractivity contribution in [1.29, 1.82) is 0 Å². The fourth-order valence-electron chi connectivity index (χ4n) is 2.27. The zero-order chi connectivity index (χ0) is 15.4. The Hall–Kier alpha value is -1.62. The van der Waals surface area contributed by atoms with Gasteiger partial charge in [0.1, 0.15) is 16.4 Å². The molecule has 4 nitrogen and oxygen atoms in total. The maximum atomic E-state index is 11.9. The van der Waals surface area contributed by atoms with Crippen LogP contribution >= 0.6 is 11.8 Å². The zero-order valence-electron chi connectivity index (χ0n) is 12.6. The summed E-state index contributed by atoms with van der Waals surface area (Å²) in [5, 5.41) is 13.0. The number of hydrogen-bond acceptors (Lipinski definition) is 4. The summed E-state index contributed by atoms with van der Waals surface area (Å²) in [5.41, 5.74) is 1.06. The molecule has 0 aromatic heterocycles. The van der Waals surface area contributed by atoms with Crippen LogP contribution in [0.25, 0.3) is 0 Å². The third-order valence-electron chi connectivity index (χ3n) is 3.30. The van der Waals surface area contributed by atoms with Crippen LogP contribution in [0.3, 0.4) is 0 Å². The van der Waals surface area contributed by atoms with E-state index in [2.05, 4.69) is 19.2 Å². The van der Waals surface area contributed by atoms with Crippen LogP contribution in [0.15, 0.2) is 34.9 Å². The van der Waals surface area contributed by atoms with E-state index in [-0.39, 0.29) is 17.7 Å². The molecule has 1 amide bonds. The number of amides is 1. The van der Waals surface area contributed by atoms with Gasteiger partial charge >= 0.3 is 0 Å². The number of nitrogens with one attached hydrogen (secondary N) is 1. The quantitative estimate of drug-likeness (QED) is 0.847. The predicted octanol–water partition coefficient (Wildman–Crippen LogP) is 3.24. The summed E-state index contributed by atoms with van der Waals surface area (Å²) >= 11 is 1.37. The lowest BCUT2D eigenvalue weighted by Gasteiger charge is -2.12. The van der Waals surface area contributed by atoms with E-state index in [1.165, 1.54) is 11.8 Å². The van der Waals surface area contributed by atoms with E-state index in [1.807, 2.05) is 24.3 Å². The molecule has 2 rings (SSSR count). The molecule has 21 heavy (non-hydrogen) atoms. The monoisotopic (exact) mass is 307 g/mol. The number of methoxy groups -OCH3 is 1. The van der Waals surface area contributed by atoms with E-state index in [1.54, 1.807) is 7.11 Å². The molecule has 0 aliphatic carbocycles.